The van der Waals surface area contributed by atoms with E-state index < -0.39 is 36.9 Å². The Kier molecular flexibility index (Phi) is 43.9. The van der Waals surface area contributed by atoms with Crippen LogP contribution in [0.4, 0.5) is 0 Å². The average Bonchev–Trinajstić information content (AvgIpc) is 3.20. The van der Waals surface area contributed by atoms with Crippen molar-refractivity contribution in [2.24, 2.45) is 0 Å². The molecule has 1 amide bonds. The van der Waals surface area contributed by atoms with Crippen molar-refractivity contribution < 1.29 is 25.2 Å². The standard InChI is InChI=1S/C50H97NO5/c1-3-5-7-9-11-13-15-17-18-19-20-21-22-23-24-25-26-27-28-29-30-32-33-35-37-39-41-43-47(53)49(55)46(45-52)51-50(56)48(54)44-42-40-38-36-34-31-16-14-12-10-8-6-4-2/h29-30,35,37,46-49,52-55H,3-28,31-34,36,38-45H2,1-2H3,(H,51,56)/b30-29+,37-35+. The lowest BCUT2D eigenvalue weighted by molar-refractivity contribution is -0.132. The molecule has 0 spiro atoms. The van der Waals surface area contributed by atoms with Crippen LogP contribution in [0, 0.1) is 0 Å². The molecule has 0 bridgehead atoms. The Labute approximate surface area is 348 Å². The number of aliphatic hydroxyl groups is 4. The van der Waals surface area contributed by atoms with Crippen LogP contribution in [0.3, 0.4) is 0 Å². The number of allylic oxidation sites excluding steroid dienone is 4. The third kappa shape index (κ3) is 38.3. The van der Waals surface area contributed by atoms with Crippen LogP contribution in [0.5, 0.6) is 0 Å². The molecule has 4 unspecified atom stereocenters. The minimum absolute atomic E-state index is 0.363. The molecule has 0 aromatic carbocycles. The zero-order valence-electron chi connectivity index (χ0n) is 37.4. The predicted molar refractivity (Wildman–Crippen MR) is 242 cm³/mol. The van der Waals surface area contributed by atoms with Crippen LogP contribution in [-0.2, 0) is 4.79 Å². The molecular formula is C50H97NO5. The number of carbonyl (C=O) groups excluding carboxylic acids is 1. The molecule has 0 radical (unpaired) electrons. The van der Waals surface area contributed by atoms with Gasteiger partial charge in [-0.2, -0.15) is 0 Å². The van der Waals surface area contributed by atoms with Gasteiger partial charge >= 0.3 is 0 Å². The Balaban J connectivity index is 3.69. The monoisotopic (exact) mass is 792 g/mol. The maximum Gasteiger partial charge on any atom is 0.249 e. The van der Waals surface area contributed by atoms with Gasteiger partial charge in [-0.15, -0.1) is 0 Å². The van der Waals surface area contributed by atoms with Crippen LogP contribution in [0.25, 0.3) is 0 Å². The lowest BCUT2D eigenvalue weighted by Gasteiger charge is -2.27. The molecule has 0 aliphatic heterocycles. The van der Waals surface area contributed by atoms with Gasteiger partial charge in [0.15, 0.2) is 0 Å². The van der Waals surface area contributed by atoms with Crippen molar-refractivity contribution in [1.29, 1.82) is 0 Å². The van der Waals surface area contributed by atoms with E-state index >= 15 is 0 Å². The summed E-state index contributed by atoms with van der Waals surface area (Å²) in [7, 11) is 0. The van der Waals surface area contributed by atoms with E-state index in [0.717, 1.165) is 38.5 Å². The van der Waals surface area contributed by atoms with E-state index in [-0.39, 0.29) is 0 Å². The molecular weight excluding hydrogens is 695 g/mol. The van der Waals surface area contributed by atoms with Crippen LogP contribution in [0.1, 0.15) is 258 Å². The number of unbranched alkanes of at least 4 members (excludes halogenated alkanes) is 32. The first-order chi connectivity index (χ1) is 27.5. The largest absolute Gasteiger partial charge is 0.394 e. The first-order valence-electron chi connectivity index (χ1n) is 24.7. The lowest BCUT2D eigenvalue weighted by atomic mass is 10.00. The molecule has 56 heavy (non-hydrogen) atoms. The van der Waals surface area contributed by atoms with E-state index in [2.05, 4.69) is 43.5 Å². The molecule has 332 valence electrons. The Bertz CT molecular complexity index is 847. The smallest absolute Gasteiger partial charge is 0.249 e. The van der Waals surface area contributed by atoms with Crippen LogP contribution >= 0.6 is 0 Å². The normalized spacial score (nSPS) is 14.2. The molecule has 0 aliphatic rings. The molecule has 0 saturated heterocycles. The second kappa shape index (κ2) is 44.9. The summed E-state index contributed by atoms with van der Waals surface area (Å²) in [6.45, 7) is 4.05. The molecule has 5 N–H and O–H groups in total. The summed E-state index contributed by atoms with van der Waals surface area (Å²) in [5.41, 5.74) is 0. The molecule has 0 fully saturated rings. The number of carbonyl (C=O) groups is 1. The molecule has 4 atom stereocenters. The van der Waals surface area contributed by atoms with Gasteiger partial charge in [0.05, 0.1) is 18.8 Å². The second-order valence-corrected chi connectivity index (χ2v) is 17.2. The fraction of sp³-hybridized carbons (Fsp3) is 0.900. The van der Waals surface area contributed by atoms with Gasteiger partial charge < -0.3 is 25.7 Å². The van der Waals surface area contributed by atoms with Gasteiger partial charge in [0.2, 0.25) is 5.91 Å². The molecule has 0 aromatic heterocycles. The summed E-state index contributed by atoms with van der Waals surface area (Å²) in [6.07, 6.45) is 52.4. The van der Waals surface area contributed by atoms with Crippen molar-refractivity contribution in [3.8, 4) is 0 Å². The fourth-order valence-corrected chi connectivity index (χ4v) is 7.72. The van der Waals surface area contributed by atoms with Gasteiger partial charge in [-0.25, -0.2) is 0 Å². The maximum absolute atomic E-state index is 12.5. The van der Waals surface area contributed by atoms with Crippen LogP contribution in [-0.4, -0.2) is 57.3 Å². The van der Waals surface area contributed by atoms with Crippen molar-refractivity contribution in [1.82, 2.24) is 5.32 Å². The maximum atomic E-state index is 12.5. The third-order valence-corrected chi connectivity index (χ3v) is 11.6. The summed E-state index contributed by atoms with van der Waals surface area (Å²) in [6, 6.07) is -1.00. The number of hydrogen-bond donors (Lipinski definition) is 5. The van der Waals surface area contributed by atoms with E-state index in [0.29, 0.717) is 19.3 Å². The Morgan fingerprint density at radius 1 is 0.429 bits per heavy atom. The first kappa shape index (κ1) is 54.8. The first-order valence-corrected chi connectivity index (χ1v) is 24.7. The van der Waals surface area contributed by atoms with Gasteiger partial charge in [-0.1, -0.05) is 231 Å². The highest BCUT2D eigenvalue weighted by Crippen LogP contribution is 2.17. The van der Waals surface area contributed by atoms with Gasteiger partial charge in [-0.05, 0) is 51.4 Å². The van der Waals surface area contributed by atoms with Crippen LogP contribution in [0.15, 0.2) is 24.3 Å². The Hall–Kier alpha value is -1.21. The molecule has 6 nitrogen and oxygen atoms in total. The zero-order chi connectivity index (χ0) is 41.0. The van der Waals surface area contributed by atoms with Crippen LogP contribution < -0.4 is 5.32 Å². The Morgan fingerprint density at radius 3 is 1.12 bits per heavy atom. The quantitative estimate of drug-likeness (QED) is 0.0312. The molecule has 6 heteroatoms. The number of nitrogens with one attached hydrogen (secondary N) is 1. The SMILES string of the molecule is CCCCCCCCCCCCCCCCCCCC/C=C/CC/C=C/CCCC(O)C(O)C(CO)NC(=O)C(O)CCCCCCCCCCCCCCC. The van der Waals surface area contributed by atoms with Gasteiger partial charge in [-0.3, -0.25) is 4.79 Å². The van der Waals surface area contributed by atoms with E-state index in [4.69, 9.17) is 0 Å². The number of amides is 1. The van der Waals surface area contributed by atoms with E-state index in [1.165, 1.54) is 186 Å². The average molecular weight is 792 g/mol. The topological polar surface area (TPSA) is 110 Å². The molecule has 0 aliphatic carbocycles. The second-order valence-electron chi connectivity index (χ2n) is 17.2. The Morgan fingerprint density at radius 2 is 0.750 bits per heavy atom. The minimum Gasteiger partial charge on any atom is -0.394 e. The highest BCUT2D eigenvalue weighted by atomic mass is 16.3. The predicted octanol–water partition coefficient (Wildman–Crippen LogP) is 13.5. The summed E-state index contributed by atoms with van der Waals surface area (Å²) in [5, 5.41) is 43.7. The summed E-state index contributed by atoms with van der Waals surface area (Å²) in [4.78, 5) is 12.5. The highest BCUT2D eigenvalue weighted by molar-refractivity contribution is 5.80. The fourth-order valence-electron chi connectivity index (χ4n) is 7.72. The van der Waals surface area contributed by atoms with E-state index in [9.17, 15) is 25.2 Å². The van der Waals surface area contributed by atoms with Crippen molar-refractivity contribution in [2.75, 3.05) is 6.61 Å². The summed E-state index contributed by atoms with van der Waals surface area (Å²) < 4.78 is 0. The van der Waals surface area contributed by atoms with E-state index in [1.807, 2.05) is 0 Å². The van der Waals surface area contributed by atoms with Crippen molar-refractivity contribution in [3.63, 3.8) is 0 Å². The van der Waals surface area contributed by atoms with Crippen LogP contribution in [0.2, 0.25) is 0 Å². The molecule has 0 rings (SSSR count). The van der Waals surface area contributed by atoms with Gasteiger partial charge in [0, 0.05) is 0 Å². The van der Waals surface area contributed by atoms with Gasteiger partial charge in [0.1, 0.15) is 12.2 Å². The van der Waals surface area contributed by atoms with Crippen molar-refractivity contribution >= 4 is 5.91 Å². The number of hydrogen-bond acceptors (Lipinski definition) is 5. The highest BCUT2D eigenvalue weighted by Gasteiger charge is 2.28. The summed E-state index contributed by atoms with van der Waals surface area (Å²) >= 11 is 0. The summed E-state index contributed by atoms with van der Waals surface area (Å²) in [5.74, 6) is -0.596. The van der Waals surface area contributed by atoms with E-state index in [1.54, 1.807) is 0 Å². The lowest BCUT2D eigenvalue weighted by Crippen LogP contribution is -2.53. The third-order valence-electron chi connectivity index (χ3n) is 11.6. The number of aliphatic hydroxyl groups excluding tert-OH is 4. The van der Waals surface area contributed by atoms with Crippen molar-refractivity contribution in [2.45, 2.75) is 282 Å². The molecule has 0 aromatic rings. The van der Waals surface area contributed by atoms with Crippen molar-refractivity contribution in [3.05, 3.63) is 24.3 Å². The molecule has 0 heterocycles. The molecule has 0 saturated carbocycles. The van der Waals surface area contributed by atoms with Gasteiger partial charge in [0.25, 0.3) is 0 Å². The minimum atomic E-state index is -1.29. The zero-order valence-corrected chi connectivity index (χ0v) is 37.4. The number of rotatable bonds is 45.